The van der Waals surface area contributed by atoms with Gasteiger partial charge >= 0.3 is 0 Å². The van der Waals surface area contributed by atoms with Gasteiger partial charge in [-0.2, -0.15) is 0 Å². The van der Waals surface area contributed by atoms with E-state index in [0.717, 1.165) is 16.3 Å². The van der Waals surface area contributed by atoms with Gasteiger partial charge in [-0.1, -0.05) is 60.7 Å². The average molecular weight is 430 g/mol. The number of halogens is 1. The van der Waals surface area contributed by atoms with Gasteiger partial charge in [-0.05, 0) is 22.4 Å². The van der Waals surface area contributed by atoms with Crippen molar-refractivity contribution in [3.05, 3.63) is 102 Å². The van der Waals surface area contributed by atoms with E-state index in [9.17, 15) is 14.0 Å². The molecule has 6 nitrogen and oxygen atoms in total. The topological polar surface area (TPSA) is 76.0 Å². The van der Waals surface area contributed by atoms with Gasteiger partial charge in [-0.3, -0.25) is 9.59 Å². The van der Waals surface area contributed by atoms with E-state index < -0.39 is 17.8 Å². The number of nitrogens with zero attached hydrogens (tertiary/aromatic N) is 2. The number of nitrogens with one attached hydrogen (secondary N) is 2. The van der Waals surface area contributed by atoms with Crippen molar-refractivity contribution >= 4 is 22.6 Å². The van der Waals surface area contributed by atoms with Gasteiger partial charge in [0.25, 0.3) is 0 Å². The highest BCUT2D eigenvalue weighted by Gasteiger charge is 2.23. The molecule has 0 bridgehead atoms. The van der Waals surface area contributed by atoms with Gasteiger partial charge in [0, 0.05) is 25.0 Å². The van der Waals surface area contributed by atoms with Crippen LogP contribution in [-0.4, -0.2) is 27.9 Å². The molecule has 2 amide bonds. The Hall–Kier alpha value is -4.00. The lowest BCUT2D eigenvalue weighted by Crippen LogP contribution is -2.40. The third kappa shape index (κ3) is 4.67. The van der Waals surface area contributed by atoms with E-state index in [4.69, 9.17) is 0 Å². The Bertz CT molecular complexity index is 1260. The van der Waals surface area contributed by atoms with Crippen molar-refractivity contribution in [2.45, 2.75) is 12.5 Å². The van der Waals surface area contributed by atoms with Crippen LogP contribution in [0.25, 0.3) is 10.8 Å². The molecule has 4 aromatic rings. The maximum atomic E-state index is 14.4. The SMILES string of the molecule is Cn1ccnc1C(NC(=O)CNC(=O)Cc1cccc2ccccc12)c1ccccc1F. The van der Waals surface area contributed by atoms with E-state index in [1.807, 2.05) is 42.5 Å². The highest BCUT2D eigenvalue weighted by Crippen LogP contribution is 2.23. The van der Waals surface area contributed by atoms with Crippen molar-refractivity contribution in [2.24, 2.45) is 7.05 Å². The molecule has 0 saturated carbocycles. The molecule has 1 unspecified atom stereocenters. The van der Waals surface area contributed by atoms with E-state index in [0.29, 0.717) is 11.4 Å². The van der Waals surface area contributed by atoms with Gasteiger partial charge in [0.05, 0.1) is 13.0 Å². The molecule has 0 saturated heterocycles. The molecule has 3 aromatic carbocycles. The number of fused-ring (bicyclic) bond motifs is 1. The number of hydrogen-bond acceptors (Lipinski definition) is 3. The van der Waals surface area contributed by atoms with Crippen molar-refractivity contribution in [3.8, 4) is 0 Å². The van der Waals surface area contributed by atoms with Crippen LogP contribution in [0.4, 0.5) is 4.39 Å². The summed E-state index contributed by atoms with van der Waals surface area (Å²) in [6.07, 6.45) is 3.47. The van der Waals surface area contributed by atoms with E-state index in [2.05, 4.69) is 15.6 Å². The van der Waals surface area contributed by atoms with E-state index in [1.54, 1.807) is 42.2 Å². The Kier molecular flexibility index (Phi) is 6.26. The minimum absolute atomic E-state index is 0.157. The first kappa shape index (κ1) is 21.2. The van der Waals surface area contributed by atoms with E-state index >= 15 is 0 Å². The highest BCUT2D eigenvalue weighted by atomic mass is 19.1. The van der Waals surface area contributed by atoms with Crippen LogP contribution in [0.3, 0.4) is 0 Å². The number of carbonyl (C=O) groups excluding carboxylic acids is 2. The molecule has 4 rings (SSSR count). The molecule has 0 aliphatic heterocycles. The Morgan fingerprint density at radius 1 is 1.00 bits per heavy atom. The normalized spacial score (nSPS) is 11.8. The molecule has 0 aliphatic carbocycles. The molecule has 1 aromatic heterocycles. The molecule has 0 aliphatic rings. The predicted molar refractivity (Wildman–Crippen MR) is 120 cm³/mol. The predicted octanol–water partition coefficient (Wildman–Crippen LogP) is 3.28. The van der Waals surface area contributed by atoms with Gasteiger partial charge in [0.15, 0.2) is 0 Å². The first-order valence-corrected chi connectivity index (χ1v) is 10.3. The molecular formula is C25H23FN4O2. The van der Waals surface area contributed by atoms with Crippen LogP contribution in [0.5, 0.6) is 0 Å². The molecule has 0 radical (unpaired) electrons. The molecule has 1 heterocycles. The van der Waals surface area contributed by atoms with Crippen LogP contribution in [0.1, 0.15) is 23.0 Å². The largest absolute Gasteiger partial charge is 0.347 e. The third-order valence-electron chi connectivity index (χ3n) is 5.32. The summed E-state index contributed by atoms with van der Waals surface area (Å²) in [4.78, 5) is 29.4. The van der Waals surface area contributed by atoms with Crippen molar-refractivity contribution in [3.63, 3.8) is 0 Å². The number of rotatable bonds is 7. The van der Waals surface area contributed by atoms with Crippen LogP contribution in [0.15, 0.2) is 79.1 Å². The maximum absolute atomic E-state index is 14.4. The Balaban J connectivity index is 1.43. The summed E-state index contributed by atoms with van der Waals surface area (Å²) in [5.41, 5.74) is 1.19. The van der Waals surface area contributed by atoms with Gasteiger partial charge in [0.2, 0.25) is 11.8 Å². The molecule has 32 heavy (non-hydrogen) atoms. The summed E-state index contributed by atoms with van der Waals surface area (Å²) < 4.78 is 16.2. The number of benzene rings is 3. The number of amides is 2. The lowest BCUT2D eigenvalue weighted by molar-refractivity contribution is -0.126. The standard InChI is InChI=1S/C25H23FN4O2/c1-30-14-13-27-25(30)24(20-11-4-5-12-21(20)26)29-23(32)16-28-22(31)15-18-9-6-8-17-7-2-3-10-19(17)18/h2-14,24H,15-16H2,1H3,(H,28,31)(H,29,32). The summed E-state index contributed by atoms with van der Waals surface area (Å²) in [6, 6.07) is 19.1. The number of hydrogen-bond donors (Lipinski definition) is 2. The van der Waals surface area contributed by atoms with Gasteiger partial charge in [-0.25, -0.2) is 9.37 Å². The van der Waals surface area contributed by atoms with Crippen LogP contribution in [0.2, 0.25) is 0 Å². The van der Waals surface area contributed by atoms with Gasteiger partial charge < -0.3 is 15.2 Å². The van der Waals surface area contributed by atoms with Gasteiger partial charge in [-0.15, -0.1) is 0 Å². The molecule has 7 heteroatoms. The van der Waals surface area contributed by atoms with Crippen molar-refractivity contribution in [2.75, 3.05) is 6.54 Å². The van der Waals surface area contributed by atoms with Crippen LogP contribution >= 0.6 is 0 Å². The fraction of sp³-hybridized carbons (Fsp3) is 0.160. The van der Waals surface area contributed by atoms with Crippen LogP contribution in [-0.2, 0) is 23.1 Å². The second-order valence-corrected chi connectivity index (χ2v) is 7.51. The molecular weight excluding hydrogens is 407 g/mol. The quantitative estimate of drug-likeness (QED) is 0.473. The first-order valence-electron chi connectivity index (χ1n) is 10.3. The number of aromatic nitrogens is 2. The minimum atomic E-state index is -0.779. The second-order valence-electron chi connectivity index (χ2n) is 7.51. The fourth-order valence-electron chi connectivity index (χ4n) is 3.72. The third-order valence-corrected chi connectivity index (χ3v) is 5.32. The van der Waals surface area contributed by atoms with E-state index in [-0.39, 0.29) is 18.9 Å². The molecule has 162 valence electrons. The molecule has 0 fully saturated rings. The zero-order valence-corrected chi connectivity index (χ0v) is 17.6. The Labute approximate surface area is 185 Å². The van der Waals surface area contributed by atoms with Crippen LogP contribution in [0, 0.1) is 5.82 Å². The zero-order valence-electron chi connectivity index (χ0n) is 17.6. The lowest BCUT2D eigenvalue weighted by Gasteiger charge is -2.20. The van der Waals surface area contributed by atoms with Crippen molar-refractivity contribution < 1.29 is 14.0 Å². The Morgan fingerprint density at radius 2 is 1.75 bits per heavy atom. The highest BCUT2D eigenvalue weighted by molar-refractivity contribution is 5.91. The summed E-state index contributed by atoms with van der Waals surface area (Å²) in [7, 11) is 1.77. The number of aryl methyl sites for hydroxylation is 1. The number of carbonyl (C=O) groups is 2. The summed E-state index contributed by atoms with van der Waals surface area (Å²) in [6.45, 7) is -0.223. The minimum Gasteiger partial charge on any atom is -0.347 e. The molecule has 1 atom stereocenters. The average Bonchev–Trinajstić information content (AvgIpc) is 3.22. The summed E-state index contributed by atoms with van der Waals surface area (Å²) >= 11 is 0. The van der Waals surface area contributed by atoms with Crippen LogP contribution < -0.4 is 10.6 Å². The lowest BCUT2D eigenvalue weighted by atomic mass is 10.0. The van der Waals surface area contributed by atoms with Crippen molar-refractivity contribution in [1.82, 2.24) is 20.2 Å². The summed E-state index contributed by atoms with van der Waals surface area (Å²) in [5, 5.41) is 7.50. The molecule has 2 N–H and O–H groups in total. The van der Waals surface area contributed by atoms with Gasteiger partial charge in [0.1, 0.15) is 17.7 Å². The van der Waals surface area contributed by atoms with E-state index in [1.165, 1.54) is 6.07 Å². The smallest absolute Gasteiger partial charge is 0.240 e. The number of imidazole rings is 1. The maximum Gasteiger partial charge on any atom is 0.240 e. The Morgan fingerprint density at radius 3 is 2.53 bits per heavy atom. The molecule has 0 spiro atoms. The summed E-state index contributed by atoms with van der Waals surface area (Å²) in [5.74, 6) is -0.658. The second kappa shape index (κ2) is 9.43. The fourth-order valence-corrected chi connectivity index (χ4v) is 3.72. The first-order chi connectivity index (χ1) is 15.5. The van der Waals surface area contributed by atoms with Crippen molar-refractivity contribution in [1.29, 1.82) is 0 Å². The monoisotopic (exact) mass is 430 g/mol. The zero-order chi connectivity index (χ0) is 22.5.